The molecule has 1 aromatic heterocycles. The molecule has 1 atom stereocenters. The van der Waals surface area contributed by atoms with Gasteiger partial charge in [0.1, 0.15) is 0 Å². The van der Waals surface area contributed by atoms with E-state index in [-0.39, 0.29) is 18.0 Å². The molecule has 0 saturated carbocycles. The summed E-state index contributed by atoms with van der Waals surface area (Å²) in [5.74, 6) is -0.0505. The van der Waals surface area contributed by atoms with Gasteiger partial charge in [-0.3, -0.25) is 4.79 Å². The number of hydrogen-bond donors (Lipinski definition) is 2. The van der Waals surface area contributed by atoms with Crippen LogP contribution in [0.3, 0.4) is 0 Å². The van der Waals surface area contributed by atoms with Crippen molar-refractivity contribution in [2.24, 2.45) is 0 Å². The Morgan fingerprint density at radius 2 is 2.30 bits per heavy atom. The maximum absolute atomic E-state index is 12.1. The molecule has 1 fully saturated rings. The van der Waals surface area contributed by atoms with Gasteiger partial charge in [0.15, 0.2) is 0 Å². The minimum atomic E-state index is -0.0930. The average molecular weight is 316 g/mol. The van der Waals surface area contributed by atoms with E-state index in [2.05, 4.69) is 10.6 Å². The van der Waals surface area contributed by atoms with E-state index in [1.54, 1.807) is 4.90 Å². The van der Waals surface area contributed by atoms with E-state index in [9.17, 15) is 9.59 Å². The molecule has 0 bridgehead atoms. The van der Waals surface area contributed by atoms with Crippen LogP contribution in [0.1, 0.15) is 24.6 Å². The third-order valence-electron chi connectivity index (χ3n) is 3.16. The number of rotatable bonds is 3. The molecule has 1 aromatic rings. The Morgan fingerprint density at radius 3 is 2.95 bits per heavy atom. The topological polar surface area (TPSA) is 61.4 Å². The van der Waals surface area contributed by atoms with Crippen molar-refractivity contribution in [1.82, 2.24) is 15.5 Å². The summed E-state index contributed by atoms with van der Waals surface area (Å²) < 4.78 is 0.720. The van der Waals surface area contributed by atoms with Crippen molar-refractivity contribution in [3.05, 3.63) is 21.3 Å². The van der Waals surface area contributed by atoms with Crippen LogP contribution in [0.25, 0.3) is 0 Å². The standard InChI is InChI=1S/C13H18ClN3O2S/c1-9(18)16-10-3-2-6-17(8-10)13(19)15-7-11-4-5-12(14)20-11/h4-5,10H,2-3,6-8H2,1H3,(H,15,19)(H,16,18). The first-order chi connectivity index (χ1) is 9.54. The molecule has 110 valence electrons. The smallest absolute Gasteiger partial charge is 0.317 e. The summed E-state index contributed by atoms with van der Waals surface area (Å²) in [6.45, 7) is 3.28. The number of likely N-dealkylation sites (tertiary alicyclic amines) is 1. The van der Waals surface area contributed by atoms with Crippen LogP contribution in [0.5, 0.6) is 0 Å². The number of halogens is 1. The van der Waals surface area contributed by atoms with Gasteiger partial charge in [-0.15, -0.1) is 11.3 Å². The molecule has 2 heterocycles. The van der Waals surface area contributed by atoms with Crippen molar-refractivity contribution in [3.8, 4) is 0 Å². The second-order valence-electron chi connectivity index (χ2n) is 4.85. The van der Waals surface area contributed by atoms with Gasteiger partial charge >= 0.3 is 6.03 Å². The number of nitrogens with zero attached hydrogens (tertiary/aromatic N) is 1. The third-order valence-corrected chi connectivity index (χ3v) is 4.39. The Kier molecular flexibility index (Phi) is 5.25. The van der Waals surface area contributed by atoms with Crippen molar-refractivity contribution in [1.29, 1.82) is 0 Å². The molecule has 1 aliphatic rings. The summed E-state index contributed by atoms with van der Waals surface area (Å²) in [6.07, 6.45) is 1.83. The molecule has 1 unspecified atom stereocenters. The predicted molar refractivity (Wildman–Crippen MR) is 80.0 cm³/mol. The van der Waals surface area contributed by atoms with Gasteiger partial charge in [0.2, 0.25) is 5.91 Å². The first-order valence-corrected chi connectivity index (χ1v) is 7.78. The molecule has 1 saturated heterocycles. The maximum Gasteiger partial charge on any atom is 0.317 e. The van der Waals surface area contributed by atoms with Crippen molar-refractivity contribution in [2.45, 2.75) is 32.4 Å². The molecule has 0 aliphatic carbocycles. The third kappa shape index (κ3) is 4.38. The zero-order valence-corrected chi connectivity index (χ0v) is 12.9. The van der Waals surface area contributed by atoms with E-state index >= 15 is 0 Å². The van der Waals surface area contributed by atoms with Crippen molar-refractivity contribution < 1.29 is 9.59 Å². The highest BCUT2D eigenvalue weighted by atomic mass is 35.5. The lowest BCUT2D eigenvalue weighted by atomic mass is 10.1. The van der Waals surface area contributed by atoms with E-state index in [0.29, 0.717) is 13.1 Å². The largest absolute Gasteiger partial charge is 0.352 e. The second-order valence-corrected chi connectivity index (χ2v) is 6.65. The normalized spacial score (nSPS) is 18.7. The number of amides is 3. The number of carbonyl (C=O) groups is 2. The van der Waals surface area contributed by atoms with Gasteiger partial charge in [0, 0.05) is 30.9 Å². The van der Waals surface area contributed by atoms with Gasteiger partial charge in [0.05, 0.1) is 10.9 Å². The fraction of sp³-hybridized carbons (Fsp3) is 0.538. The molecule has 0 aromatic carbocycles. The highest BCUT2D eigenvalue weighted by Gasteiger charge is 2.23. The van der Waals surface area contributed by atoms with E-state index in [4.69, 9.17) is 11.6 Å². The van der Waals surface area contributed by atoms with Gasteiger partial charge in [-0.25, -0.2) is 4.79 Å². The minimum Gasteiger partial charge on any atom is -0.352 e. The summed E-state index contributed by atoms with van der Waals surface area (Å²) in [5, 5.41) is 5.75. The predicted octanol–water partition coefficient (Wildman–Crippen LogP) is 2.21. The summed E-state index contributed by atoms with van der Waals surface area (Å²) in [7, 11) is 0. The molecule has 2 N–H and O–H groups in total. The Bertz CT molecular complexity index is 492. The highest BCUT2D eigenvalue weighted by molar-refractivity contribution is 7.16. The zero-order valence-electron chi connectivity index (χ0n) is 11.3. The van der Waals surface area contributed by atoms with Crippen LogP contribution in [0.2, 0.25) is 4.34 Å². The van der Waals surface area contributed by atoms with Gasteiger partial charge in [-0.2, -0.15) is 0 Å². The van der Waals surface area contributed by atoms with Crippen LogP contribution in [0.15, 0.2) is 12.1 Å². The lowest BCUT2D eigenvalue weighted by Gasteiger charge is -2.32. The summed E-state index contributed by atoms with van der Waals surface area (Å²) in [5.41, 5.74) is 0. The molecule has 20 heavy (non-hydrogen) atoms. The SMILES string of the molecule is CC(=O)NC1CCCN(C(=O)NCc2ccc(Cl)s2)C1. The van der Waals surface area contributed by atoms with Crippen LogP contribution in [0.4, 0.5) is 4.79 Å². The van der Waals surface area contributed by atoms with Crippen molar-refractivity contribution in [3.63, 3.8) is 0 Å². The van der Waals surface area contributed by atoms with Gasteiger partial charge in [0.25, 0.3) is 0 Å². The Balaban J connectivity index is 1.81. The van der Waals surface area contributed by atoms with E-state index < -0.39 is 0 Å². The molecule has 2 rings (SSSR count). The summed E-state index contributed by atoms with van der Waals surface area (Å²) in [6, 6.07) is 3.69. The molecule has 1 aliphatic heterocycles. The minimum absolute atomic E-state index is 0.0505. The second kappa shape index (κ2) is 6.95. The van der Waals surface area contributed by atoms with E-state index in [1.807, 2.05) is 12.1 Å². The first kappa shape index (κ1) is 15.1. The van der Waals surface area contributed by atoms with Crippen LogP contribution < -0.4 is 10.6 Å². The number of urea groups is 1. The lowest BCUT2D eigenvalue weighted by Crippen LogP contribution is -2.51. The number of piperidine rings is 1. The van der Waals surface area contributed by atoms with E-state index in [1.165, 1.54) is 18.3 Å². The monoisotopic (exact) mass is 315 g/mol. The Labute approximate surface area is 127 Å². The van der Waals surface area contributed by atoms with Gasteiger partial charge in [-0.1, -0.05) is 11.6 Å². The van der Waals surface area contributed by atoms with Crippen LogP contribution >= 0.6 is 22.9 Å². The quantitative estimate of drug-likeness (QED) is 0.898. The van der Waals surface area contributed by atoms with Crippen molar-refractivity contribution in [2.75, 3.05) is 13.1 Å². The summed E-state index contributed by atoms with van der Waals surface area (Å²) in [4.78, 5) is 25.9. The van der Waals surface area contributed by atoms with Crippen molar-refractivity contribution >= 4 is 34.9 Å². The van der Waals surface area contributed by atoms with Crippen LogP contribution in [-0.4, -0.2) is 36.0 Å². The fourth-order valence-corrected chi connectivity index (χ4v) is 3.32. The molecule has 0 spiro atoms. The number of hydrogen-bond acceptors (Lipinski definition) is 3. The lowest BCUT2D eigenvalue weighted by molar-refractivity contribution is -0.119. The van der Waals surface area contributed by atoms with Crippen LogP contribution in [-0.2, 0) is 11.3 Å². The Morgan fingerprint density at radius 1 is 1.50 bits per heavy atom. The van der Waals surface area contributed by atoms with Crippen LogP contribution in [0, 0.1) is 0 Å². The molecule has 5 nitrogen and oxygen atoms in total. The number of thiophene rings is 1. The summed E-state index contributed by atoms with van der Waals surface area (Å²) >= 11 is 7.31. The zero-order chi connectivity index (χ0) is 14.5. The molecule has 7 heteroatoms. The Hall–Kier alpha value is -1.27. The number of carbonyl (C=O) groups excluding carboxylic acids is 2. The van der Waals surface area contributed by atoms with E-state index in [0.717, 1.165) is 28.6 Å². The van der Waals surface area contributed by atoms with Gasteiger partial charge < -0.3 is 15.5 Å². The number of nitrogens with one attached hydrogen (secondary N) is 2. The fourth-order valence-electron chi connectivity index (χ4n) is 2.29. The first-order valence-electron chi connectivity index (χ1n) is 6.58. The molecule has 3 amide bonds. The average Bonchev–Trinajstić information content (AvgIpc) is 2.81. The maximum atomic E-state index is 12.1. The molecule has 0 radical (unpaired) electrons. The van der Waals surface area contributed by atoms with Gasteiger partial charge in [-0.05, 0) is 25.0 Å². The highest BCUT2D eigenvalue weighted by Crippen LogP contribution is 2.21. The molecular formula is C13H18ClN3O2S. The molecular weight excluding hydrogens is 298 g/mol.